The summed E-state index contributed by atoms with van der Waals surface area (Å²) in [6.45, 7) is 3.94. The minimum absolute atomic E-state index is 0.0872. The zero-order valence-corrected chi connectivity index (χ0v) is 15.3. The molecule has 0 bridgehead atoms. The van der Waals surface area contributed by atoms with Gasteiger partial charge in [0.05, 0.1) is 31.6 Å². The second-order valence-corrected chi connectivity index (χ2v) is 8.47. The summed E-state index contributed by atoms with van der Waals surface area (Å²) in [5.74, 6) is 1.59. The molecule has 0 aliphatic carbocycles. The van der Waals surface area contributed by atoms with Crippen molar-refractivity contribution in [1.82, 2.24) is 24.4 Å². The van der Waals surface area contributed by atoms with Gasteiger partial charge in [0.15, 0.2) is 5.82 Å². The molecule has 3 rings (SSSR count). The van der Waals surface area contributed by atoms with Crippen LogP contribution in [-0.4, -0.2) is 64.9 Å². The van der Waals surface area contributed by atoms with Gasteiger partial charge < -0.3 is 14.6 Å². The van der Waals surface area contributed by atoms with Crippen molar-refractivity contribution in [2.24, 2.45) is 0 Å². The van der Waals surface area contributed by atoms with Gasteiger partial charge in [0, 0.05) is 25.9 Å². The number of aromatic nitrogens is 3. The summed E-state index contributed by atoms with van der Waals surface area (Å²) in [6.07, 6.45) is 2.61. The number of ether oxygens (including phenoxy) is 1. The molecule has 1 atom stereocenters. The first-order chi connectivity index (χ1) is 12.0. The third kappa shape index (κ3) is 4.18. The van der Waals surface area contributed by atoms with Gasteiger partial charge in [0.2, 0.25) is 15.9 Å². The highest BCUT2D eigenvalue weighted by Crippen LogP contribution is 2.17. The van der Waals surface area contributed by atoms with Gasteiger partial charge in [-0.3, -0.25) is 4.79 Å². The van der Waals surface area contributed by atoms with E-state index in [4.69, 9.17) is 4.74 Å². The molecule has 1 aromatic heterocycles. The summed E-state index contributed by atoms with van der Waals surface area (Å²) < 4.78 is 33.6. The molecule has 2 aliphatic heterocycles. The van der Waals surface area contributed by atoms with Crippen molar-refractivity contribution in [3.63, 3.8) is 0 Å². The Bertz CT molecular complexity index is 718. The molecule has 1 N–H and O–H groups in total. The molecule has 0 radical (unpaired) electrons. The lowest BCUT2D eigenvalue weighted by Gasteiger charge is -2.34. The maximum Gasteiger partial charge on any atom is 0.222 e. The zero-order chi connectivity index (χ0) is 17.9. The van der Waals surface area contributed by atoms with Crippen LogP contribution in [0, 0.1) is 0 Å². The molecule has 1 saturated heterocycles. The molecule has 2 aliphatic rings. The SMILES string of the molecule is CCCS(=O)(=O)N1CCOC[C@H]1CC(=O)NCc1nnc2n1CCC2. The van der Waals surface area contributed by atoms with E-state index in [9.17, 15) is 13.2 Å². The quantitative estimate of drug-likeness (QED) is 0.703. The molecular formula is C15H25N5O4S. The van der Waals surface area contributed by atoms with Crippen LogP contribution < -0.4 is 5.32 Å². The predicted octanol–water partition coefficient (Wildman–Crippen LogP) is -0.329. The summed E-state index contributed by atoms with van der Waals surface area (Å²) in [6, 6.07) is -0.450. The van der Waals surface area contributed by atoms with Crippen molar-refractivity contribution in [2.75, 3.05) is 25.5 Å². The molecule has 0 saturated carbocycles. The maximum atomic E-state index is 12.4. The van der Waals surface area contributed by atoms with Gasteiger partial charge in [-0.25, -0.2) is 8.42 Å². The Morgan fingerprint density at radius 2 is 2.20 bits per heavy atom. The van der Waals surface area contributed by atoms with E-state index in [1.165, 1.54) is 4.31 Å². The lowest BCUT2D eigenvalue weighted by molar-refractivity contribution is -0.123. The molecule has 25 heavy (non-hydrogen) atoms. The van der Waals surface area contributed by atoms with Crippen molar-refractivity contribution in [3.8, 4) is 0 Å². The van der Waals surface area contributed by atoms with Gasteiger partial charge in [-0.1, -0.05) is 6.92 Å². The third-order valence-corrected chi connectivity index (χ3v) is 6.66. The van der Waals surface area contributed by atoms with Crippen molar-refractivity contribution >= 4 is 15.9 Å². The van der Waals surface area contributed by atoms with Crippen molar-refractivity contribution in [1.29, 1.82) is 0 Å². The molecule has 1 aromatic rings. The smallest absolute Gasteiger partial charge is 0.222 e. The number of hydrogen-bond acceptors (Lipinski definition) is 6. The van der Waals surface area contributed by atoms with Gasteiger partial charge in [-0.2, -0.15) is 4.31 Å². The average Bonchev–Trinajstić information content (AvgIpc) is 3.17. The van der Waals surface area contributed by atoms with Crippen molar-refractivity contribution in [3.05, 3.63) is 11.6 Å². The first-order valence-electron chi connectivity index (χ1n) is 8.76. The number of amides is 1. The number of nitrogens with zero attached hydrogens (tertiary/aromatic N) is 4. The van der Waals surface area contributed by atoms with E-state index in [1.807, 2.05) is 11.5 Å². The Morgan fingerprint density at radius 1 is 1.36 bits per heavy atom. The largest absolute Gasteiger partial charge is 0.378 e. The van der Waals surface area contributed by atoms with Crippen LogP contribution in [0.2, 0.25) is 0 Å². The highest BCUT2D eigenvalue weighted by atomic mass is 32.2. The molecule has 0 aromatic carbocycles. The van der Waals surface area contributed by atoms with E-state index < -0.39 is 16.1 Å². The van der Waals surface area contributed by atoms with Crippen LogP contribution in [0.3, 0.4) is 0 Å². The van der Waals surface area contributed by atoms with E-state index in [0.717, 1.165) is 31.0 Å². The first kappa shape index (κ1) is 18.3. The number of fused-ring (bicyclic) bond motifs is 1. The Kier molecular flexibility index (Phi) is 5.70. The number of carbonyl (C=O) groups excluding carboxylic acids is 1. The van der Waals surface area contributed by atoms with Crippen LogP contribution in [0.4, 0.5) is 0 Å². The Labute approximate surface area is 147 Å². The fourth-order valence-electron chi connectivity index (χ4n) is 3.35. The number of nitrogens with one attached hydrogen (secondary N) is 1. The summed E-state index contributed by atoms with van der Waals surface area (Å²) in [5, 5.41) is 11.0. The predicted molar refractivity (Wildman–Crippen MR) is 90.2 cm³/mol. The Morgan fingerprint density at radius 3 is 3.00 bits per heavy atom. The van der Waals surface area contributed by atoms with Crippen LogP contribution in [0.25, 0.3) is 0 Å². The normalized spacial score (nSPS) is 21.2. The van der Waals surface area contributed by atoms with Crippen molar-refractivity contribution < 1.29 is 17.9 Å². The lowest BCUT2D eigenvalue weighted by Crippen LogP contribution is -2.51. The summed E-state index contributed by atoms with van der Waals surface area (Å²) in [7, 11) is -3.35. The number of morpholine rings is 1. The van der Waals surface area contributed by atoms with E-state index in [1.54, 1.807) is 0 Å². The maximum absolute atomic E-state index is 12.4. The molecule has 140 valence electrons. The fourth-order valence-corrected chi connectivity index (χ4v) is 5.04. The van der Waals surface area contributed by atoms with E-state index >= 15 is 0 Å². The standard InChI is InChI=1S/C15H25N5O4S/c1-2-8-25(22,23)20-6-7-24-11-12(20)9-15(21)16-10-14-18-17-13-4-3-5-19(13)14/h12H,2-11H2,1H3,(H,16,21)/t12-/m1/s1. The number of sulfonamides is 1. The van der Waals surface area contributed by atoms with E-state index in [0.29, 0.717) is 26.1 Å². The number of carbonyl (C=O) groups is 1. The molecule has 0 spiro atoms. The topological polar surface area (TPSA) is 106 Å². The van der Waals surface area contributed by atoms with E-state index in [2.05, 4.69) is 15.5 Å². The lowest BCUT2D eigenvalue weighted by atomic mass is 10.2. The fraction of sp³-hybridized carbons (Fsp3) is 0.800. The summed E-state index contributed by atoms with van der Waals surface area (Å²) in [5.41, 5.74) is 0. The van der Waals surface area contributed by atoms with Crippen LogP contribution in [0.5, 0.6) is 0 Å². The number of rotatable bonds is 7. The molecule has 1 fully saturated rings. The van der Waals surface area contributed by atoms with Crippen LogP contribution in [0.15, 0.2) is 0 Å². The summed E-state index contributed by atoms with van der Waals surface area (Å²) >= 11 is 0. The van der Waals surface area contributed by atoms with Crippen LogP contribution in [0.1, 0.15) is 37.8 Å². The molecule has 9 nitrogen and oxygen atoms in total. The highest BCUT2D eigenvalue weighted by molar-refractivity contribution is 7.89. The monoisotopic (exact) mass is 371 g/mol. The second-order valence-electron chi connectivity index (χ2n) is 6.42. The molecule has 1 amide bonds. The minimum atomic E-state index is -3.35. The average molecular weight is 371 g/mol. The number of hydrogen-bond donors (Lipinski definition) is 1. The summed E-state index contributed by atoms with van der Waals surface area (Å²) in [4.78, 5) is 12.3. The molecule has 3 heterocycles. The molecule has 10 heteroatoms. The van der Waals surface area contributed by atoms with Crippen molar-refractivity contribution in [2.45, 2.75) is 51.7 Å². The van der Waals surface area contributed by atoms with Gasteiger partial charge in [-0.05, 0) is 12.8 Å². The van der Waals surface area contributed by atoms with Gasteiger partial charge >= 0.3 is 0 Å². The second kappa shape index (κ2) is 7.79. The van der Waals surface area contributed by atoms with Gasteiger partial charge in [0.1, 0.15) is 5.82 Å². The van der Waals surface area contributed by atoms with E-state index in [-0.39, 0.29) is 24.7 Å². The minimum Gasteiger partial charge on any atom is -0.378 e. The third-order valence-electron chi connectivity index (χ3n) is 4.54. The van der Waals surface area contributed by atoms with Crippen LogP contribution in [-0.2, 0) is 39.1 Å². The molecular weight excluding hydrogens is 346 g/mol. The Balaban J connectivity index is 1.57. The van der Waals surface area contributed by atoms with Gasteiger partial charge in [-0.15, -0.1) is 10.2 Å². The zero-order valence-electron chi connectivity index (χ0n) is 14.5. The van der Waals surface area contributed by atoms with Gasteiger partial charge in [0.25, 0.3) is 0 Å². The first-order valence-corrected chi connectivity index (χ1v) is 10.4. The Hall–Kier alpha value is -1.52. The molecule has 0 unspecified atom stereocenters. The number of aryl methyl sites for hydroxylation is 1. The highest BCUT2D eigenvalue weighted by Gasteiger charge is 2.33. The van der Waals surface area contributed by atoms with Crippen LogP contribution >= 0.6 is 0 Å².